The minimum atomic E-state index is -3.45. The molecule has 0 N–H and O–H groups in total. The molecule has 1 fully saturated rings. The van der Waals surface area contributed by atoms with E-state index in [2.05, 4.69) is 4.90 Å². The number of hydrogen-bond acceptors (Lipinski definition) is 5. The van der Waals surface area contributed by atoms with Crippen molar-refractivity contribution in [3.63, 3.8) is 0 Å². The van der Waals surface area contributed by atoms with Gasteiger partial charge in [-0.1, -0.05) is 46.9 Å². The summed E-state index contributed by atoms with van der Waals surface area (Å²) < 4.78 is 25.9. The van der Waals surface area contributed by atoms with Crippen molar-refractivity contribution in [2.75, 3.05) is 18.0 Å². The van der Waals surface area contributed by atoms with E-state index in [0.29, 0.717) is 36.0 Å². The van der Waals surface area contributed by atoms with Crippen LogP contribution in [0.15, 0.2) is 52.7 Å². The molecule has 4 nitrogen and oxygen atoms in total. The van der Waals surface area contributed by atoms with Crippen molar-refractivity contribution in [3.05, 3.63) is 62.9 Å². The van der Waals surface area contributed by atoms with Crippen LogP contribution in [0.5, 0.6) is 0 Å². The Hall–Kier alpha value is -1.31. The summed E-state index contributed by atoms with van der Waals surface area (Å²) in [6.07, 6.45) is 1.08. The number of anilines is 1. The van der Waals surface area contributed by atoms with Crippen molar-refractivity contribution in [1.29, 1.82) is 0 Å². The van der Waals surface area contributed by atoms with Gasteiger partial charge in [0.15, 0.2) is 15.0 Å². The molecule has 0 aliphatic carbocycles. The number of rotatable bonds is 4. The zero-order valence-corrected chi connectivity index (χ0v) is 19.1. The Balaban J connectivity index is 1.45. The van der Waals surface area contributed by atoms with Crippen molar-refractivity contribution >= 4 is 61.1 Å². The average Bonchev–Trinajstić information content (AvgIpc) is 3.21. The third-order valence-corrected chi connectivity index (χ3v) is 9.16. The molecule has 0 saturated carbocycles. The predicted octanol–water partition coefficient (Wildman–Crippen LogP) is 6.21. The van der Waals surface area contributed by atoms with Crippen molar-refractivity contribution in [2.24, 2.45) is 0 Å². The Morgan fingerprint density at radius 3 is 2.31 bits per heavy atom. The molecule has 0 amide bonds. The van der Waals surface area contributed by atoms with Crippen LogP contribution in [-0.2, 0) is 9.84 Å². The highest BCUT2D eigenvalue weighted by atomic mass is 35.5. The van der Waals surface area contributed by atoms with E-state index in [1.807, 2.05) is 29.6 Å². The minimum absolute atomic E-state index is 0.227. The molecule has 0 atom stereocenters. The van der Waals surface area contributed by atoms with E-state index < -0.39 is 15.1 Å². The summed E-state index contributed by atoms with van der Waals surface area (Å²) in [7, 11) is -3.45. The van der Waals surface area contributed by atoms with Crippen molar-refractivity contribution in [3.8, 4) is 11.3 Å². The first kappa shape index (κ1) is 20.9. The van der Waals surface area contributed by atoms with E-state index in [1.54, 1.807) is 11.3 Å². The standard InChI is InChI=1S/C20H17Cl3N2O2S2/c21-14-3-1-13(2-4-14)19-12-28-20(24-19)25-9-7-15(8-10-25)29(26,27)16-5-6-17(22)18(23)11-16/h1-6,11-12,15H,7-10H2. The van der Waals surface area contributed by atoms with Gasteiger partial charge in [-0.25, -0.2) is 13.4 Å². The van der Waals surface area contributed by atoms with E-state index in [4.69, 9.17) is 39.8 Å². The van der Waals surface area contributed by atoms with Crippen molar-refractivity contribution in [2.45, 2.75) is 23.0 Å². The Morgan fingerprint density at radius 1 is 0.966 bits per heavy atom. The molecule has 1 aromatic heterocycles. The molecule has 2 heterocycles. The van der Waals surface area contributed by atoms with Gasteiger partial charge in [0.25, 0.3) is 0 Å². The Morgan fingerprint density at radius 2 is 1.66 bits per heavy atom. The SMILES string of the molecule is O=S(=O)(c1ccc(Cl)c(Cl)c1)C1CCN(c2nc(-c3ccc(Cl)cc3)cs2)CC1. The van der Waals surface area contributed by atoms with E-state index in [9.17, 15) is 8.42 Å². The number of sulfone groups is 1. The normalized spacial score (nSPS) is 15.6. The number of halogens is 3. The number of hydrogen-bond donors (Lipinski definition) is 0. The maximum Gasteiger partial charge on any atom is 0.185 e. The maximum absolute atomic E-state index is 13.0. The molecule has 0 bridgehead atoms. The van der Waals surface area contributed by atoms with Crippen LogP contribution in [0.25, 0.3) is 11.3 Å². The van der Waals surface area contributed by atoms with Crippen LogP contribution in [0.2, 0.25) is 15.1 Å². The van der Waals surface area contributed by atoms with Crippen LogP contribution in [0.1, 0.15) is 12.8 Å². The Labute approximate surface area is 189 Å². The summed E-state index contributed by atoms with van der Waals surface area (Å²) in [5, 5.41) is 3.77. The summed E-state index contributed by atoms with van der Waals surface area (Å²) in [4.78, 5) is 7.09. The molecule has 2 aromatic carbocycles. The lowest BCUT2D eigenvalue weighted by atomic mass is 10.1. The summed E-state index contributed by atoms with van der Waals surface area (Å²) in [5.41, 5.74) is 1.90. The fourth-order valence-corrected chi connectivity index (χ4v) is 6.50. The van der Waals surface area contributed by atoms with Gasteiger partial charge in [0.1, 0.15) is 0 Å². The molecule has 1 saturated heterocycles. The highest BCUT2D eigenvalue weighted by Crippen LogP contribution is 2.33. The molecule has 1 aliphatic heterocycles. The predicted molar refractivity (Wildman–Crippen MR) is 121 cm³/mol. The first-order chi connectivity index (χ1) is 13.8. The van der Waals surface area contributed by atoms with Crippen molar-refractivity contribution in [1.82, 2.24) is 4.98 Å². The number of benzene rings is 2. The zero-order valence-electron chi connectivity index (χ0n) is 15.2. The number of nitrogens with zero attached hydrogens (tertiary/aromatic N) is 2. The number of piperidine rings is 1. The lowest BCUT2D eigenvalue weighted by Crippen LogP contribution is -2.39. The summed E-state index contributed by atoms with van der Waals surface area (Å²) in [6.45, 7) is 1.28. The lowest BCUT2D eigenvalue weighted by Gasteiger charge is -2.31. The first-order valence-electron chi connectivity index (χ1n) is 9.00. The first-order valence-corrected chi connectivity index (χ1v) is 12.6. The molecule has 3 aromatic rings. The maximum atomic E-state index is 13.0. The van der Waals surface area contributed by atoms with Crippen LogP contribution >= 0.6 is 46.1 Å². The molecular weight excluding hydrogens is 471 g/mol. The summed E-state index contributed by atoms with van der Waals surface area (Å²) in [5.74, 6) is 0. The second-order valence-electron chi connectivity index (χ2n) is 6.83. The van der Waals surface area contributed by atoms with Gasteiger partial charge in [0, 0.05) is 29.1 Å². The molecular formula is C20H17Cl3N2O2S2. The van der Waals surface area contributed by atoms with Crippen LogP contribution in [0.4, 0.5) is 5.13 Å². The molecule has 0 radical (unpaired) electrons. The van der Waals surface area contributed by atoms with Gasteiger partial charge in [0.2, 0.25) is 0 Å². The second-order valence-corrected chi connectivity index (χ2v) is 11.1. The van der Waals surface area contributed by atoms with Gasteiger partial charge in [-0.05, 0) is 43.2 Å². The molecule has 4 rings (SSSR count). The minimum Gasteiger partial charge on any atom is -0.348 e. The van der Waals surface area contributed by atoms with Gasteiger partial charge in [-0.15, -0.1) is 11.3 Å². The van der Waals surface area contributed by atoms with Gasteiger partial charge < -0.3 is 4.90 Å². The van der Waals surface area contributed by atoms with Gasteiger partial charge in [0.05, 0.1) is 25.9 Å². The molecule has 29 heavy (non-hydrogen) atoms. The zero-order chi connectivity index (χ0) is 20.6. The second kappa shape index (κ2) is 8.44. The molecule has 1 aliphatic rings. The third kappa shape index (κ3) is 4.42. The fourth-order valence-electron chi connectivity index (χ4n) is 3.37. The smallest absolute Gasteiger partial charge is 0.185 e. The number of aromatic nitrogens is 1. The van der Waals surface area contributed by atoms with Gasteiger partial charge in [-0.3, -0.25) is 0 Å². The molecule has 0 unspecified atom stereocenters. The molecule has 9 heteroatoms. The summed E-state index contributed by atoms with van der Waals surface area (Å²) >= 11 is 19.4. The molecule has 152 valence electrons. The third-order valence-electron chi connectivity index (χ3n) is 5.00. The number of thiazole rings is 1. The summed E-state index contributed by atoms with van der Waals surface area (Å²) in [6, 6.07) is 12.1. The van der Waals surface area contributed by atoms with Gasteiger partial charge >= 0.3 is 0 Å². The monoisotopic (exact) mass is 486 g/mol. The van der Waals surface area contributed by atoms with E-state index in [-0.39, 0.29) is 9.92 Å². The largest absolute Gasteiger partial charge is 0.348 e. The van der Waals surface area contributed by atoms with Gasteiger partial charge in [-0.2, -0.15) is 0 Å². The van der Waals surface area contributed by atoms with Crippen LogP contribution in [0.3, 0.4) is 0 Å². The highest BCUT2D eigenvalue weighted by Gasteiger charge is 2.32. The average molecular weight is 488 g/mol. The molecule has 0 spiro atoms. The van der Waals surface area contributed by atoms with E-state index >= 15 is 0 Å². The quantitative estimate of drug-likeness (QED) is 0.439. The fraction of sp³-hybridized carbons (Fsp3) is 0.250. The lowest BCUT2D eigenvalue weighted by molar-refractivity contribution is 0.529. The van der Waals surface area contributed by atoms with E-state index in [0.717, 1.165) is 16.4 Å². The van der Waals surface area contributed by atoms with Crippen LogP contribution in [0, 0.1) is 0 Å². The van der Waals surface area contributed by atoms with E-state index in [1.165, 1.54) is 18.2 Å². The van der Waals surface area contributed by atoms with Crippen molar-refractivity contribution < 1.29 is 8.42 Å². The Kier molecular flexibility index (Phi) is 6.09. The van der Waals surface area contributed by atoms with Crippen LogP contribution < -0.4 is 4.90 Å². The topological polar surface area (TPSA) is 50.3 Å². The Bertz CT molecular complexity index is 1120. The highest BCUT2D eigenvalue weighted by molar-refractivity contribution is 7.92. The van der Waals surface area contributed by atoms with Crippen LogP contribution in [-0.4, -0.2) is 31.7 Å².